The molecule has 76 valence electrons. The minimum absolute atomic E-state index is 0.0548. The topological polar surface area (TPSA) is 63.1 Å². The van der Waals surface area contributed by atoms with Crippen LogP contribution in [-0.2, 0) is 11.2 Å². The lowest BCUT2D eigenvalue weighted by atomic mass is 10.0. The highest BCUT2D eigenvalue weighted by Gasteiger charge is 2.11. The number of aryl methyl sites for hydroxylation is 1. The molecule has 0 spiro atoms. The molecular formula is C10H14N2O2. The lowest BCUT2D eigenvalue weighted by Crippen LogP contribution is -2.05. The number of rotatable bonds is 4. The monoisotopic (exact) mass is 194 g/mol. The van der Waals surface area contributed by atoms with Crippen LogP contribution in [0.4, 0.5) is 0 Å². The van der Waals surface area contributed by atoms with Gasteiger partial charge in [-0.2, -0.15) is 0 Å². The fourth-order valence-electron chi connectivity index (χ4n) is 1.24. The van der Waals surface area contributed by atoms with E-state index >= 15 is 0 Å². The SMILES string of the molecule is CCc1cc(C(C)CC(=O)O)ncn1. The van der Waals surface area contributed by atoms with Crippen LogP contribution < -0.4 is 0 Å². The number of aromatic nitrogens is 2. The summed E-state index contributed by atoms with van der Waals surface area (Å²) in [6, 6.07) is 1.87. The Balaban J connectivity index is 2.78. The molecule has 4 heteroatoms. The van der Waals surface area contributed by atoms with Gasteiger partial charge in [0.1, 0.15) is 6.33 Å². The summed E-state index contributed by atoms with van der Waals surface area (Å²) in [4.78, 5) is 18.6. The van der Waals surface area contributed by atoms with Crippen molar-refractivity contribution in [1.82, 2.24) is 9.97 Å². The predicted octanol–water partition coefficient (Wildman–Crippen LogP) is 1.62. The van der Waals surface area contributed by atoms with Crippen LogP contribution in [0.25, 0.3) is 0 Å². The quantitative estimate of drug-likeness (QED) is 0.791. The van der Waals surface area contributed by atoms with Crippen molar-refractivity contribution < 1.29 is 9.90 Å². The summed E-state index contributed by atoms with van der Waals surface area (Å²) in [5.41, 5.74) is 1.76. The molecule has 0 bridgehead atoms. The van der Waals surface area contributed by atoms with E-state index < -0.39 is 5.97 Å². The van der Waals surface area contributed by atoms with Crippen molar-refractivity contribution in [2.45, 2.75) is 32.6 Å². The first-order valence-electron chi connectivity index (χ1n) is 4.66. The van der Waals surface area contributed by atoms with Crippen LogP contribution in [0.3, 0.4) is 0 Å². The van der Waals surface area contributed by atoms with Gasteiger partial charge in [-0.15, -0.1) is 0 Å². The number of hydrogen-bond acceptors (Lipinski definition) is 3. The molecule has 0 aliphatic rings. The molecule has 1 aromatic heterocycles. The Kier molecular flexibility index (Phi) is 3.56. The third kappa shape index (κ3) is 2.80. The molecule has 1 rings (SSSR count). The van der Waals surface area contributed by atoms with Crippen LogP contribution >= 0.6 is 0 Å². The van der Waals surface area contributed by atoms with Gasteiger partial charge in [0.2, 0.25) is 0 Å². The molecule has 0 saturated carbocycles. The van der Waals surface area contributed by atoms with Gasteiger partial charge in [-0.1, -0.05) is 13.8 Å². The number of carboxylic acid groups (broad SMARTS) is 1. The van der Waals surface area contributed by atoms with E-state index in [1.54, 1.807) is 0 Å². The Morgan fingerprint density at radius 3 is 2.86 bits per heavy atom. The maximum atomic E-state index is 10.5. The third-order valence-corrected chi connectivity index (χ3v) is 2.09. The lowest BCUT2D eigenvalue weighted by molar-refractivity contribution is -0.137. The fraction of sp³-hybridized carbons (Fsp3) is 0.500. The highest BCUT2D eigenvalue weighted by atomic mass is 16.4. The predicted molar refractivity (Wildman–Crippen MR) is 52.1 cm³/mol. The number of carboxylic acids is 1. The first-order valence-corrected chi connectivity index (χ1v) is 4.66. The number of nitrogens with zero attached hydrogens (tertiary/aromatic N) is 2. The van der Waals surface area contributed by atoms with Gasteiger partial charge in [-0.05, 0) is 12.5 Å². The molecule has 0 radical (unpaired) electrons. The summed E-state index contributed by atoms with van der Waals surface area (Å²) in [6.07, 6.45) is 2.45. The Labute approximate surface area is 83.0 Å². The molecule has 1 heterocycles. The van der Waals surface area contributed by atoms with Crippen molar-refractivity contribution in [1.29, 1.82) is 0 Å². The smallest absolute Gasteiger partial charge is 0.304 e. The lowest BCUT2D eigenvalue weighted by Gasteiger charge is -2.08. The van der Waals surface area contributed by atoms with Gasteiger partial charge in [-0.3, -0.25) is 4.79 Å². The van der Waals surface area contributed by atoms with E-state index in [0.717, 1.165) is 17.8 Å². The summed E-state index contributed by atoms with van der Waals surface area (Å²) in [6.45, 7) is 3.86. The molecule has 0 fully saturated rings. The van der Waals surface area contributed by atoms with Crippen molar-refractivity contribution in [3.05, 3.63) is 23.8 Å². The Morgan fingerprint density at radius 2 is 2.29 bits per heavy atom. The van der Waals surface area contributed by atoms with Gasteiger partial charge in [0.25, 0.3) is 0 Å². The van der Waals surface area contributed by atoms with Crippen LogP contribution in [-0.4, -0.2) is 21.0 Å². The van der Waals surface area contributed by atoms with Gasteiger partial charge < -0.3 is 5.11 Å². The van der Waals surface area contributed by atoms with Crippen LogP contribution in [0.2, 0.25) is 0 Å². The molecule has 1 N–H and O–H groups in total. The zero-order valence-electron chi connectivity index (χ0n) is 8.40. The average Bonchev–Trinajstić information content (AvgIpc) is 2.17. The summed E-state index contributed by atoms with van der Waals surface area (Å²) in [7, 11) is 0. The maximum absolute atomic E-state index is 10.5. The van der Waals surface area contributed by atoms with E-state index in [1.807, 2.05) is 19.9 Å². The van der Waals surface area contributed by atoms with E-state index in [4.69, 9.17) is 5.11 Å². The number of carbonyl (C=O) groups is 1. The summed E-state index contributed by atoms with van der Waals surface area (Å²) >= 11 is 0. The van der Waals surface area contributed by atoms with Crippen molar-refractivity contribution in [3.63, 3.8) is 0 Å². The van der Waals surface area contributed by atoms with Crippen LogP contribution in [0.5, 0.6) is 0 Å². The van der Waals surface area contributed by atoms with E-state index in [2.05, 4.69) is 9.97 Å². The van der Waals surface area contributed by atoms with E-state index in [-0.39, 0.29) is 12.3 Å². The second-order valence-electron chi connectivity index (χ2n) is 3.29. The van der Waals surface area contributed by atoms with Crippen molar-refractivity contribution in [2.24, 2.45) is 0 Å². The molecule has 1 unspecified atom stereocenters. The minimum atomic E-state index is -0.797. The van der Waals surface area contributed by atoms with Gasteiger partial charge >= 0.3 is 5.97 Å². The molecule has 0 aliphatic carbocycles. The second-order valence-corrected chi connectivity index (χ2v) is 3.29. The van der Waals surface area contributed by atoms with Gasteiger partial charge in [0.05, 0.1) is 6.42 Å². The molecule has 0 saturated heterocycles. The van der Waals surface area contributed by atoms with Crippen molar-refractivity contribution >= 4 is 5.97 Å². The van der Waals surface area contributed by atoms with Crippen LogP contribution in [0.1, 0.15) is 37.6 Å². The molecule has 0 aliphatic heterocycles. The highest BCUT2D eigenvalue weighted by Crippen LogP contribution is 2.16. The summed E-state index contributed by atoms with van der Waals surface area (Å²) in [5, 5.41) is 8.63. The van der Waals surface area contributed by atoms with Crippen molar-refractivity contribution in [2.75, 3.05) is 0 Å². The first kappa shape index (κ1) is 10.6. The maximum Gasteiger partial charge on any atom is 0.304 e. The van der Waals surface area contributed by atoms with E-state index in [9.17, 15) is 4.79 Å². The molecule has 0 amide bonds. The van der Waals surface area contributed by atoms with E-state index in [0.29, 0.717) is 0 Å². The molecule has 0 aromatic carbocycles. The van der Waals surface area contributed by atoms with Gasteiger partial charge in [0.15, 0.2) is 0 Å². The van der Waals surface area contributed by atoms with E-state index in [1.165, 1.54) is 6.33 Å². The molecule has 1 atom stereocenters. The number of aliphatic carboxylic acids is 1. The van der Waals surface area contributed by atoms with Crippen LogP contribution in [0.15, 0.2) is 12.4 Å². The average molecular weight is 194 g/mol. The summed E-state index contributed by atoms with van der Waals surface area (Å²) < 4.78 is 0. The molecule has 14 heavy (non-hydrogen) atoms. The molecule has 4 nitrogen and oxygen atoms in total. The fourth-order valence-corrected chi connectivity index (χ4v) is 1.24. The molecule has 1 aromatic rings. The third-order valence-electron chi connectivity index (χ3n) is 2.09. The second kappa shape index (κ2) is 4.69. The Hall–Kier alpha value is -1.45. The standard InChI is InChI=1S/C10H14N2O2/c1-3-8-5-9(12-6-11-8)7(2)4-10(13)14/h5-7H,3-4H2,1-2H3,(H,13,14). The zero-order valence-corrected chi connectivity index (χ0v) is 8.40. The van der Waals surface area contributed by atoms with Crippen molar-refractivity contribution in [3.8, 4) is 0 Å². The zero-order chi connectivity index (χ0) is 10.6. The Morgan fingerprint density at radius 1 is 1.57 bits per heavy atom. The highest BCUT2D eigenvalue weighted by molar-refractivity contribution is 5.67. The normalized spacial score (nSPS) is 12.4. The Bertz CT molecular complexity index is 326. The summed E-state index contributed by atoms with van der Waals surface area (Å²) in [5.74, 6) is -0.852. The van der Waals surface area contributed by atoms with Gasteiger partial charge in [-0.25, -0.2) is 9.97 Å². The minimum Gasteiger partial charge on any atom is -0.481 e. The molecular weight excluding hydrogens is 180 g/mol. The largest absolute Gasteiger partial charge is 0.481 e. The van der Waals surface area contributed by atoms with Gasteiger partial charge in [0, 0.05) is 17.3 Å². The first-order chi connectivity index (χ1) is 6.63. The number of hydrogen-bond donors (Lipinski definition) is 1. The van der Waals surface area contributed by atoms with Crippen LogP contribution in [0, 0.1) is 0 Å².